The molecular weight excluding hydrogens is 380 g/mol. The molecule has 0 saturated carbocycles. The summed E-state index contributed by atoms with van der Waals surface area (Å²) in [6, 6.07) is 11.6. The predicted molar refractivity (Wildman–Crippen MR) is 108 cm³/mol. The minimum absolute atomic E-state index is 0.153. The second kappa shape index (κ2) is 7.04. The predicted octanol–water partition coefficient (Wildman–Crippen LogP) is 3.52. The number of hydrogen-bond acceptors (Lipinski definition) is 4. The van der Waals surface area contributed by atoms with E-state index in [1.165, 1.54) is 21.2 Å². The summed E-state index contributed by atoms with van der Waals surface area (Å²) in [6.45, 7) is 3.65. The van der Waals surface area contributed by atoms with E-state index < -0.39 is 15.4 Å². The summed E-state index contributed by atoms with van der Waals surface area (Å²) in [5, 5.41) is 1.78. The van der Waals surface area contributed by atoms with E-state index in [4.69, 9.17) is 0 Å². The van der Waals surface area contributed by atoms with Gasteiger partial charge in [-0.05, 0) is 54.8 Å². The van der Waals surface area contributed by atoms with Crippen LogP contribution in [0.25, 0.3) is 0 Å². The molecule has 2 aliphatic rings. The Labute approximate surface area is 164 Å². The molecule has 4 rings (SSSR count). The summed E-state index contributed by atoms with van der Waals surface area (Å²) in [4.78, 5) is 15.1. The monoisotopic (exact) mass is 404 g/mol. The van der Waals surface area contributed by atoms with E-state index in [-0.39, 0.29) is 5.91 Å². The molecule has 1 spiro atoms. The van der Waals surface area contributed by atoms with Crippen molar-refractivity contribution in [3.8, 4) is 0 Å². The fraction of sp³-hybridized carbons (Fsp3) is 0.450. The van der Waals surface area contributed by atoms with Gasteiger partial charge in [0.15, 0.2) is 0 Å². The minimum Gasteiger partial charge on any atom is -0.312 e. The molecule has 2 saturated heterocycles. The second-order valence-electron chi connectivity index (χ2n) is 7.34. The second-order valence-corrected chi connectivity index (χ2v) is 10.5. The average Bonchev–Trinajstić information content (AvgIpc) is 3.33. The van der Waals surface area contributed by atoms with Gasteiger partial charge in [-0.1, -0.05) is 25.1 Å². The quantitative estimate of drug-likeness (QED) is 0.783. The van der Waals surface area contributed by atoms with Crippen molar-refractivity contribution in [3.05, 3.63) is 47.3 Å². The van der Waals surface area contributed by atoms with Gasteiger partial charge in [-0.2, -0.15) is 4.31 Å². The molecule has 0 aliphatic carbocycles. The number of benzene rings is 1. The fourth-order valence-corrected chi connectivity index (χ4v) is 6.72. The lowest BCUT2D eigenvalue weighted by atomic mass is 9.77. The first-order valence-corrected chi connectivity index (χ1v) is 11.7. The molecular formula is C20H24N2O3S2. The molecule has 1 aromatic carbocycles. The van der Waals surface area contributed by atoms with Crippen molar-refractivity contribution in [2.45, 2.75) is 36.8 Å². The third-order valence-corrected chi connectivity index (χ3v) is 9.21. The smallest absolute Gasteiger partial charge is 0.252 e. The summed E-state index contributed by atoms with van der Waals surface area (Å²) in [7, 11) is -3.43. The standard InChI is InChI=1S/C20H24N2O3S2/c1-2-16-5-7-17(8-6-16)22-14-11-20(19(22)23)9-12-21(13-10-20)27(24,25)18-4-3-15-26-18/h3-8,15H,2,9-14H2,1H3. The van der Waals surface area contributed by atoms with E-state index in [0.29, 0.717) is 36.7 Å². The molecule has 5 nitrogen and oxygen atoms in total. The van der Waals surface area contributed by atoms with Crippen LogP contribution < -0.4 is 4.90 Å². The number of rotatable bonds is 4. The Morgan fingerprint density at radius 2 is 1.70 bits per heavy atom. The highest BCUT2D eigenvalue weighted by molar-refractivity contribution is 7.91. The summed E-state index contributed by atoms with van der Waals surface area (Å²) >= 11 is 1.24. The Balaban J connectivity index is 1.47. The van der Waals surface area contributed by atoms with Crippen LogP contribution in [-0.4, -0.2) is 38.3 Å². The van der Waals surface area contributed by atoms with Gasteiger partial charge >= 0.3 is 0 Å². The van der Waals surface area contributed by atoms with Gasteiger partial charge in [0.1, 0.15) is 4.21 Å². The SMILES string of the molecule is CCc1ccc(N2CCC3(CCN(S(=O)(=O)c4cccs4)CC3)C2=O)cc1. The van der Waals surface area contributed by atoms with Crippen LogP contribution in [0.15, 0.2) is 46.0 Å². The van der Waals surface area contributed by atoms with Crippen molar-refractivity contribution in [3.63, 3.8) is 0 Å². The van der Waals surface area contributed by atoms with Crippen LogP contribution in [0, 0.1) is 5.41 Å². The first-order chi connectivity index (χ1) is 13.0. The minimum atomic E-state index is -3.43. The molecule has 2 aliphatic heterocycles. The molecule has 1 amide bonds. The van der Waals surface area contributed by atoms with Crippen LogP contribution in [-0.2, 0) is 21.2 Å². The lowest BCUT2D eigenvalue weighted by Crippen LogP contribution is -2.46. The Morgan fingerprint density at radius 1 is 1.04 bits per heavy atom. The number of anilines is 1. The van der Waals surface area contributed by atoms with Gasteiger partial charge in [-0.25, -0.2) is 8.42 Å². The number of hydrogen-bond donors (Lipinski definition) is 0. The Morgan fingerprint density at radius 3 is 2.30 bits per heavy atom. The van der Waals surface area contributed by atoms with Gasteiger partial charge in [0.25, 0.3) is 10.0 Å². The number of sulfonamides is 1. The van der Waals surface area contributed by atoms with E-state index >= 15 is 0 Å². The van der Waals surface area contributed by atoms with Crippen molar-refractivity contribution >= 4 is 33.0 Å². The van der Waals surface area contributed by atoms with Gasteiger partial charge in [0, 0.05) is 25.3 Å². The summed E-state index contributed by atoms with van der Waals surface area (Å²) in [6.07, 6.45) is 2.97. The van der Waals surface area contributed by atoms with Crippen molar-refractivity contribution in [1.29, 1.82) is 0 Å². The molecule has 1 aromatic heterocycles. The van der Waals surface area contributed by atoms with Crippen LogP contribution in [0.5, 0.6) is 0 Å². The van der Waals surface area contributed by atoms with E-state index in [0.717, 1.165) is 18.5 Å². The fourth-order valence-electron chi connectivity index (χ4n) is 4.13. The lowest BCUT2D eigenvalue weighted by Gasteiger charge is -2.37. The Bertz CT molecular complexity index is 913. The van der Waals surface area contributed by atoms with E-state index in [1.54, 1.807) is 17.5 Å². The molecule has 3 heterocycles. The molecule has 27 heavy (non-hydrogen) atoms. The average molecular weight is 405 g/mol. The van der Waals surface area contributed by atoms with E-state index in [9.17, 15) is 13.2 Å². The Hall–Kier alpha value is -1.70. The maximum absolute atomic E-state index is 13.2. The molecule has 2 fully saturated rings. The zero-order valence-corrected chi connectivity index (χ0v) is 17.1. The zero-order valence-electron chi connectivity index (χ0n) is 15.4. The van der Waals surface area contributed by atoms with Gasteiger partial charge in [-0.15, -0.1) is 11.3 Å². The van der Waals surface area contributed by atoms with Gasteiger partial charge in [-0.3, -0.25) is 4.79 Å². The molecule has 0 atom stereocenters. The summed E-state index contributed by atoms with van der Waals surface area (Å²) in [5.41, 5.74) is 1.79. The van der Waals surface area contributed by atoms with Crippen LogP contribution in [0.4, 0.5) is 5.69 Å². The van der Waals surface area contributed by atoms with Crippen LogP contribution in [0.1, 0.15) is 31.7 Å². The maximum atomic E-state index is 13.2. The summed E-state index contributed by atoms with van der Waals surface area (Å²) in [5.74, 6) is 0.153. The first kappa shape index (κ1) is 18.7. The third-order valence-electron chi connectivity index (χ3n) is 5.94. The molecule has 0 bridgehead atoms. The molecule has 0 unspecified atom stereocenters. The molecule has 0 N–H and O–H groups in total. The van der Waals surface area contributed by atoms with Crippen molar-refractivity contribution in [1.82, 2.24) is 4.31 Å². The normalized spacial score (nSPS) is 20.5. The zero-order chi connectivity index (χ0) is 19.1. The van der Waals surface area contributed by atoms with Gasteiger partial charge in [0.2, 0.25) is 5.91 Å². The number of carbonyl (C=O) groups excluding carboxylic acids is 1. The van der Waals surface area contributed by atoms with E-state index in [2.05, 4.69) is 19.1 Å². The maximum Gasteiger partial charge on any atom is 0.252 e. The van der Waals surface area contributed by atoms with Crippen LogP contribution >= 0.6 is 11.3 Å². The van der Waals surface area contributed by atoms with Crippen LogP contribution in [0.2, 0.25) is 0 Å². The van der Waals surface area contributed by atoms with Crippen molar-refractivity contribution in [2.75, 3.05) is 24.5 Å². The molecule has 0 radical (unpaired) electrons. The third kappa shape index (κ3) is 3.22. The largest absolute Gasteiger partial charge is 0.312 e. The highest BCUT2D eigenvalue weighted by atomic mass is 32.2. The van der Waals surface area contributed by atoms with E-state index in [1.807, 2.05) is 17.0 Å². The highest BCUT2D eigenvalue weighted by Gasteiger charge is 2.49. The molecule has 7 heteroatoms. The summed E-state index contributed by atoms with van der Waals surface area (Å²) < 4.78 is 27.4. The van der Waals surface area contributed by atoms with Crippen molar-refractivity contribution in [2.24, 2.45) is 5.41 Å². The van der Waals surface area contributed by atoms with Crippen molar-refractivity contribution < 1.29 is 13.2 Å². The number of amides is 1. The number of piperidine rings is 1. The Kier molecular flexibility index (Phi) is 4.86. The number of thiophene rings is 1. The lowest BCUT2D eigenvalue weighted by molar-refractivity contribution is -0.127. The number of nitrogens with zero attached hydrogens (tertiary/aromatic N) is 2. The van der Waals surface area contributed by atoms with Crippen LogP contribution in [0.3, 0.4) is 0 Å². The topological polar surface area (TPSA) is 57.7 Å². The molecule has 144 valence electrons. The first-order valence-electron chi connectivity index (χ1n) is 9.41. The number of aryl methyl sites for hydroxylation is 1. The molecule has 2 aromatic rings. The van der Waals surface area contributed by atoms with Gasteiger partial charge < -0.3 is 4.90 Å². The number of carbonyl (C=O) groups is 1. The highest BCUT2D eigenvalue weighted by Crippen LogP contribution is 2.44. The van der Waals surface area contributed by atoms with Gasteiger partial charge in [0.05, 0.1) is 5.41 Å².